The van der Waals surface area contributed by atoms with Crippen molar-refractivity contribution in [2.24, 2.45) is 5.73 Å². The van der Waals surface area contributed by atoms with Gasteiger partial charge in [0.05, 0.1) is 17.9 Å². The molecule has 0 saturated heterocycles. The monoisotopic (exact) mass is 241 g/mol. The van der Waals surface area contributed by atoms with Gasteiger partial charge < -0.3 is 10.3 Å². The van der Waals surface area contributed by atoms with Gasteiger partial charge in [-0.3, -0.25) is 0 Å². The molecule has 0 aliphatic heterocycles. The lowest BCUT2D eigenvalue weighted by atomic mass is 10.2. The topological polar surface area (TPSA) is 82.8 Å². The molecule has 90 valence electrons. The number of benzene rings is 1. The van der Waals surface area contributed by atoms with Gasteiger partial charge in [0.15, 0.2) is 5.82 Å². The first kappa shape index (κ1) is 10.7. The highest BCUT2D eigenvalue weighted by molar-refractivity contribution is 5.32. The first-order chi connectivity index (χ1) is 8.84. The van der Waals surface area contributed by atoms with Crippen LogP contribution in [0.3, 0.4) is 0 Å². The van der Waals surface area contributed by atoms with E-state index >= 15 is 0 Å². The highest BCUT2D eigenvalue weighted by atomic mass is 16.5. The fourth-order valence-electron chi connectivity index (χ4n) is 1.68. The predicted molar refractivity (Wildman–Crippen MR) is 63.9 cm³/mol. The molecule has 0 bridgehead atoms. The van der Waals surface area contributed by atoms with Crippen molar-refractivity contribution in [3.63, 3.8) is 0 Å². The second-order valence-corrected chi connectivity index (χ2v) is 3.82. The lowest BCUT2D eigenvalue weighted by Crippen LogP contribution is -2.12. The van der Waals surface area contributed by atoms with Crippen molar-refractivity contribution >= 4 is 0 Å². The molecule has 0 aliphatic carbocycles. The summed E-state index contributed by atoms with van der Waals surface area (Å²) in [5.74, 6) is 0.447. The third kappa shape index (κ3) is 1.89. The molecule has 0 fully saturated rings. The molecule has 3 aromatic rings. The Hall–Kier alpha value is -2.47. The Bertz CT molecular complexity index is 617. The maximum Gasteiger partial charge on any atom is 0.213 e. The zero-order chi connectivity index (χ0) is 12.4. The molecule has 0 spiro atoms. The molecule has 1 atom stereocenters. The minimum absolute atomic E-state index is 0.429. The van der Waals surface area contributed by atoms with E-state index in [1.54, 1.807) is 10.9 Å². The third-order valence-electron chi connectivity index (χ3n) is 2.64. The number of para-hydroxylation sites is 1. The van der Waals surface area contributed by atoms with Crippen LogP contribution in [0.2, 0.25) is 0 Å². The van der Waals surface area contributed by atoms with E-state index < -0.39 is 6.04 Å². The van der Waals surface area contributed by atoms with Crippen LogP contribution in [-0.4, -0.2) is 19.9 Å². The van der Waals surface area contributed by atoms with Gasteiger partial charge in [0, 0.05) is 11.8 Å². The van der Waals surface area contributed by atoms with E-state index in [0.29, 0.717) is 5.82 Å². The molecule has 0 saturated carbocycles. The summed E-state index contributed by atoms with van der Waals surface area (Å²) in [7, 11) is 0. The number of nitrogens with two attached hydrogens (primary N) is 1. The van der Waals surface area contributed by atoms with Gasteiger partial charge in [-0.05, 0) is 12.1 Å². The number of hydrogen-bond acceptors (Lipinski definition) is 5. The fraction of sp³-hybridized carbons (Fsp3) is 0.0833. The SMILES string of the molecule is NC(c1cnn(-c2ccccc2)c1)c1ncon1. The summed E-state index contributed by atoms with van der Waals surface area (Å²) in [6.07, 6.45) is 4.82. The highest BCUT2D eigenvalue weighted by Crippen LogP contribution is 2.16. The second kappa shape index (κ2) is 4.42. The molecule has 2 heterocycles. The minimum Gasteiger partial charge on any atom is -0.343 e. The molecular formula is C12H11N5O. The predicted octanol–water partition coefficient (Wildman–Crippen LogP) is 1.30. The van der Waals surface area contributed by atoms with E-state index in [4.69, 9.17) is 5.73 Å². The van der Waals surface area contributed by atoms with Gasteiger partial charge in [0.25, 0.3) is 0 Å². The molecule has 3 rings (SSSR count). The van der Waals surface area contributed by atoms with Gasteiger partial charge in [-0.15, -0.1) is 0 Å². The van der Waals surface area contributed by atoms with E-state index in [0.717, 1.165) is 11.3 Å². The Morgan fingerprint density at radius 1 is 1.22 bits per heavy atom. The average molecular weight is 241 g/mol. The zero-order valence-corrected chi connectivity index (χ0v) is 9.47. The highest BCUT2D eigenvalue weighted by Gasteiger charge is 2.15. The summed E-state index contributed by atoms with van der Waals surface area (Å²) in [4.78, 5) is 3.93. The number of aromatic nitrogens is 4. The van der Waals surface area contributed by atoms with Crippen molar-refractivity contribution in [2.75, 3.05) is 0 Å². The van der Waals surface area contributed by atoms with Crippen LogP contribution in [0.5, 0.6) is 0 Å². The van der Waals surface area contributed by atoms with Crippen LogP contribution in [0.1, 0.15) is 17.4 Å². The van der Waals surface area contributed by atoms with Gasteiger partial charge in [-0.25, -0.2) is 4.68 Å². The Morgan fingerprint density at radius 2 is 2.06 bits per heavy atom. The first-order valence-corrected chi connectivity index (χ1v) is 5.46. The minimum atomic E-state index is -0.429. The third-order valence-corrected chi connectivity index (χ3v) is 2.64. The van der Waals surface area contributed by atoms with E-state index in [9.17, 15) is 0 Å². The molecule has 6 heteroatoms. The van der Waals surface area contributed by atoms with Crippen molar-refractivity contribution in [1.82, 2.24) is 19.9 Å². The zero-order valence-electron chi connectivity index (χ0n) is 9.47. The van der Waals surface area contributed by atoms with Crippen LogP contribution >= 0.6 is 0 Å². The molecule has 18 heavy (non-hydrogen) atoms. The quantitative estimate of drug-likeness (QED) is 0.747. The molecule has 2 N–H and O–H groups in total. The van der Waals surface area contributed by atoms with Crippen LogP contribution in [0, 0.1) is 0 Å². The maximum atomic E-state index is 6.01. The van der Waals surface area contributed by atoms with Crippen molar-refractivity contribution in [3.05, 3.63) is 60.5 Å². The summed E-state index contributed by atoms with van der Waals surface area (Å²) >= 11 is 0. The number of rotatable bonds is 3. The lowest BCUT2D eigenvalue weighted by Gasteiger charge is -2.03. The van der Waals surface area contributed by atoms with Crippen molar-refractivity contribution in [3.8, 4) is 5.69 Å². The summed E-state index contributed by atoms with van der Waals surface area (Å²) in [5.41, 5.74) is 7.82. The van der Waals surface area contributed by atoms with E-state index in [-0.39, 0.29) is 0 Å². The lowest BCUT2D eigenvalue weighted by molar-refractivity contribution is 0.407. The van der Waals surface area contributed by atoms with Crippen molar-refractivity contribution in [1.29, 1.82) is 0 Å². The molecule has 0 aliphatic rings. The number of nitrogens with zero attached hydrogens (tertiary/aromatic N) is 4. The average Bonchev–Trinajstić information content (AvgIpc) is 3.10. The Balaban J connectivity index is 1.90. The molecule has 1 aromatic carbocycles. The molecule has 0 amide bonds. The summed E-state index contributed by atoms with van der Waals surface area (Å²) in [6, 6.07) is 9.37. The van der Waals surface area contributed by atoms with Crippen LogP contribution in [0.15, 0.2) is 53.6 Å². The van der Waals surface area contributed by atoms with Crippen molar-refractivity contribution < 1.29 is 4.52 Å². The van der Waals surface area contributed by atoms with E-state index in [1.165, 1.54) is 6.39 Å². The van der Waals surface area contributed by atoms with Gasteiger partial charge >= 0.3 is 0 Å². The molecular weight excluding hydrogens is 230 g/mol. The van der Waals surface area contributed by atoms with Gasteiger partial charge in [-0.2, -0.15) is 10.1 Å². The molecule has 1 unspecified atom stereocenters. The molecule has 0 radical (unpaired) electrons. The van der Waals surface area contributed by atoms with Crippen LogP contribution in [0.4, 0.5) is 0 Å². The Kier molecular flexibility index (Phi) is 2.62. The van der Waals surface area contributed by atoms with Crippen LogP contribution in [-0.2, 0) is 0 Å². The summed E-state index contributed by atoms with van der Waals surface area (Å²) in [5, 5.41) is 7.99. The van der Waals surface area contributed by atoms with E-state index in [1.807, 2.05) is 36.5 Å². The standard InChI is InChI=1S/C12H11N5O/c13-11(12-14-8-18-16-12)9-6-15-17(7-9)10-4-2-1-3-5-10/h1-8,11H,13H2. The Morgan fingerprint density at radius 3 is 2.78 bits per heavy atom. The summed E-state index contributed by atoms with van der Waals surface area (Å²) < 4.78 is 6.44. The van der Waals surface area contributed by atoms with Crippen molar-refractivity contribution in [2.45, 2.75) is 6.04 Å². The second-order valence-electron chi connectivity index (χ2n) is 3.82. The maximum absolute atomic E-state index is 6.01. The van der Waals surface area contributed by atoms with Crippen LogP contribution < -0.4 is 5.73 Å². The van der Waals surface area contributed by atoms with Crippen LogP contribution in [0.25, 0.3) is 5.69 Å². The van der Waals surface area contributed by atoms with Gasteiger partial charge in [0.2, 0.25) is 6.39 Å². The summed E-state index contributed by atoms with van der Waals surface area (Å²) in [6.45, 7) is 0. The van der Waals surface area contributed by atoms with Gasteiger partial charge in [0.1, 0.15) is 0 Å². The first-order valence-electron chi connectivity index (χ1n) is 5.46. The van der Waals surface area contributed by atoms with E-state index in [2.05, 4.69) is 19.8 Å². The number of hydrogen-bond donors (Lipinski definition) is 1. The molecule has 6 nitrogen and oxygen atoms in total. The smallest absolute Gasteiger partial charge is 0.213 e. The fourth-order valence-corrected chi connectivity index (χ4v) is 1.68. The Labute approximate surface area is 103 Å². The molecule has 2 aromatic heterocycles. The normalized spacial score (nSPS) is 12.5. The largest absolute Gasteiger partial charge is 0.343 e. The van der Waals surface area contributed by atoms with Gasteiger partial charge in [-0.1, -0.05) is 23.4 Å².